The second kappa shape index (κ2) is 11.9. The van der Waals surface area contributed by atoms with E-state index in [4.69, 9.17) is 9.47 Å². The van der Waals surface area contributed by atoms with Crippen molar-refractivity contribution in [2.45, 2.75) is 46.2 Å². The Bertz CT molecular complexity index is 820. The lowest BCUT2D eigenvalue weighted by atomic mass is 10.1. The molecule has 0 aliphatic rings. The van der Waals surface area contributed by atoms with E-state index in [0.29, 0.717) is 24.6 Å². The molecule has 0 bridgehead atoms. The Labute approximate surface area is 179 Å². The van der Waals surface area contributed by atoms with Gasteiger partial charge in [-0.15, -0.1) is 0 Å². The summed E-state index contributed by atoms with van der Waals surface area (Å²) in [6.07, 6.45) is 1.90. The molecule has 0 aliphatic heterocycles. The van der Waals surface area contributed by atoms with Crippen LogP contribution < -0.4 is 14.8 Å². The minimum absolute atomic E-state index is 0.148. The first-order valence-corrected chi connectivity index (χ1v) is 10.3. The minimum Gasteiger partial charge on any atom is -0.497 e. The topological polar surface area (TPSA) is 67.9 Å². The molecule has 162 valence electrons. The van der Waals surface area contributed by atoms with E-state index in [-0.39, 0.29) is 18.4 Å². The van der Waals surface area contributed by atoms with Gasteiger partial charge in [0.2, 0.25) is 5.91 Å². The molecular formula is C24H32N2O4. The van der Waals surface area contributed by atoms with E-state index in [1.807, 2.05) is 31.2 Å². The summed E-state index contributed by atoms with van der Waals surface area (Å²) in [5.74, 6) is 0.884. The highest BCUT2D eigenvalue weighted by atomic mass is 16.5. The number of hydrogen-bond acceptors (Lipinski definition) is 4. The van der Waals surface area contributed by atoms with E-state index in [2.05, 4.69) is 12.2 Å². The molecule has 0 spiro atoms. The Morgan fingerprint density at radius 2 is 1.73 bits per heavy atom. The summed E-state index contributed by atoms with van der Waals surface area (Å²) in [4.78, 5) is 27.2. The lowest BCUT2D eigenvalue weighted by molar-refractivity contribution is -0.142. The van der Waals surface area contributed by atoms with Gasteiger partial charge in [-0.1, -0.05) is 37.6 Å². The summed E-state index contributed by atoms with van der Waals surface area (Å²) in [6.45, 7) is 6.63. The number of amides is 2. The van der Waals surface area contributed by atoms with Crippen LogP contribution in [0.5, 0.6) is 11.5 Å². The molecule has 2 aromatic rings. The van der Waals surface area contributed by atoms with Crippen molar-refractivity contribution >= 4 is 11.8 Å². The fourth-order valence-corrected chi connectivity index (χ4v) is 2.99. The van der Waals surface area contributed by atoms with Crippen LogP contribution in [0.25, 0.3) is 0 Å². The molecule has 0 heterocycles. The summed E-state index contributed by atoms with van der Waals surface area (Å²) in [5.41, 5.74) is 2.08. The molecule has 1 atom stereocenters. The maximum absolute atomic E-state index is 13.0. The smallest absolute Gasteiger partial charge is 0.261 e. The van der Waals surface area contributed by atoms with Crippen LogP contribution in [0, 0.1) is 6.92 Å². The fraction of sp³-hybridized carbons (Fsp3) is 0.417. The van der Waals surface area contributed by atoms with E-state index in [1.165, 1.54) is 0 Å². The first kappa shape index (κ1) is 23.3. The van der Waals surface area contributed by atoms with Crippen molar-refractivity contribution in [2.75, 3.05) is 20.3 Å². The van der Waals surface area contributed by atoms with Crippen molar-refractivity contribution in [2.24, 2.45) is 0 Å². The summed E-state index contributed by atoms with van der Waals surface area (Å²) in [7, 11) is 1.59. The number of unbranched alkanes of at least 4 members (excludes halogenated alkanes) is 1. The Balaban J connectivity index is 2.10. The number of rotatable bonds is 11. The van der Waals surface area contributed by atoms with Crippen molar-refractivity contribution in [1.29, 1.82) is 0 Å². The molecule has 0 aliphatic carbocycles. The van der Waals surface area contributed by atoms with Gasteiger partial charge in [0.1, 0.15) is 17.5 Å². The number of nitrogens with zero attached hydrogens (tertiary/aromatic N) is 1. The predicted octanol–water partition coefficient (Wildman–Crippen LogP) is 3.72. The lowest BCUT2D eigenvalue weighted by Gasteiger charge is -2.29. The van der Waals surface area contributed by atoms with Gasteiger partial charge in [0.25, 0.3) is 5.91 Å². The van der Waals surface area contributed by atoms with E-state index in [9.17, 15) is 9.59 Å². The van der Waals surface area contributed by atoms with Crippen molar-refractivity contribution < 1.29 is 19.1 Å². The molecule has 0 saturated heterocycles. The highest BCUT2D eigenvalue weighted by Gasteiger charge is 2.26. The summed E-state index contributed by atoms with van der Waals surface area (Å²) in [6, 6.07) is 14.3. The number of ether oxygens (including phenoxy) is 2. The van der Waals surface area contributed by atoms with Crippen LogP contribution in [0.4, 0.5) is 0 Å². The molecule has 0 aromatic heterocycles. The zero-order valence-corrected chi connectivity index (χ0v) is 18.3. The summed E-state index contributed by atoms with van der Waals surface area (Å²) in [5, 5.41) is 2.92. The van der Waals surface area contributed by atoms with E-state index < -0.39 is 6.04 Å². The second-order valence-electron chi connectivity index (χ2n) is 7.23. The first-order valence-electron chi connectivity index (χ1n) is 10.3. The number of aryl methyl sites for hydroxylation is 1. The molecule has 6 heteroatoms. The Morgan fingerprint density at radius 3 is 2.37 bits per heavy atom. The van der Waals surface area contributed by atoms with Crippen molar-refractivity contribution in [1.82, 2.24) is 10.2 Å². The third kappa shape index (κ3) is 6.79. The molecule has 6 nitrogen and oxygen atoms in total. The predicted molar refractivity (Wildman–Crippen MR) is 118 cm³/mol. The second-order valence-corrected chi connectivity index (χ2v) is 7.23. The Morgan fingerprint density at radius 1 is 1.07 bits per heavy atom. The zero-order valence-electron chi connectivity index (χ0n) is 18.3. The Hall–Kier alpha value is -3.02. The van der Waals surface area contributed by atoms with Gasteiger partial charge in [-0.05, 0) is 55.7 Å². The molecule has 2 rings (SSSR count). The van der Waals surface area contributed by atoms with Crippen molar-refractivity contribution in [3.63, 3.8) is 0 Å². The number of carbonyl (C=O) groups excluding carboxylic acids is 2. The molecule has 30 heavy (non-hydrogen) atoms. The standard InChI is InChI=1S/C24H32N2O4/c1-5-6-15-25-24(28)19(3)26(16-20-10-8-7-9-18(20)2)23(27)17-30-22-13-11-21(29-4)12-14-22/h7-14,19H,5-6,15-17H2,1-4H3,(H,25,28). The molecule has 1 unspecified atom stereocenters. The maximum Gasteiger partial charge on any atom is 0.261 e. The monoisotopic (exact) mass is 412 g/mol. The van der Waals surface area contributed by atoms with Gasteiger partial charge in [0.15, 0.2) is 6.61 Å². The van der Waals surface area contributed by atoms with Crippen molar-refractivity contribution in [3.05, 3.63) is 59.7 Å². The average molecular weight is 413 g/mol. The third-order valence-corrected chi connectivity index (χ3v) is 5.02. The van der Waals surface area contributed by atoms with E-state index in [0.717, 1.165) is 24.0 Å². The minimum atomic E-state index is -0.603. The van der Waals surface area contributed by atoms with Gasteiger partial charge >= 0.3 is 0 Å². The van der Waals surface area contributed by atoms with Crippen LogP contribution in [0.2, 0.25) is 0 Å². The van der Waals surface area contributed by atoms with Crippen molar-refractivity contribution in [3.8, 4) is 11.5 Å². The van der Waals surface area contributed by atoms with Crippen LogP contribution in [-0.4, -0.2) is 43.0 Å². The van der Waals surface area contributed by atoms with Gasteiger partial charge in [0.05, 0.1) is 7.11 Å². The number of hydrogen-bond donors (Lipinski definition) is 1. The molecule has 2 aromatic carbocycles. The molecular weight excluding hydrogens is 380 g/mol. The SMILES string of the molecule is CCCCNC(=O)C(C)N(Cc1ccccc1C)C(=O)COc1ccc(OC)cc1. The van der Waals surface area contributed by atoms with Crippen LogP contribution in [0.1, 0.15) is 37.8 Å². The number of methoxy groups -OCH3 is 1. The zero-order chi connectivity index (χ0) is 21.9. The van der Waals surface area contributed by atoms with Gasteiger partial charge in [-0.3, -0.25) is 9.59 Å². The summed E-state index contributed by atoms with van der Waals surface area (Å²) < 4.78 is 10.8. The number of benzene rings is 2. The van der Waals surface area contributed by atoms with Gasteiger partial charge in [-0.2, -0.15) is 0 Å². The average Bonchev–Trinajstić information content (AvgIpc) is 2.77. The van der Waals surface area contributed by atoms with Crippen LogP contribution in [-0.2, 0) is 16.1 Å². The highest BCUT2D eigenvalue weighted by Crippen LogP contribution is 2.18. The number of nitrogens with one attached hydrogen (secondary N) is 1. The molecule has 0 saturated carbocycles. The fourth-order valence-electron chi connectivity index (χ4n) is 2.99. The van der Waals surface area contributed by atoms with Gasteiger partial charge in [-0.25, -0.2) is 0 Å². The maximum atomic E-state index is 13.0. The molecule has 0 radical (unpaired) electrons. The van der Waals surface area contributed by atoms with Crippen LogP contribution >= 0.6 is 0 Å². The highest BCUT2D eigenvalue weighted by molar-refractivity contribution is 5.88. The van der Waals surface area contributed by atoms with Gasteiger partial charge < -0.3 is 19.7 Å². The molecule has 0 fully saturated rings. The van der Waals surface area contributed by atoms with Crippen LogP contribution in [0.15, 0.2) is 48.5 Å². The van der Waals surface area contributed by atoms with Crippen LogP contribution in [0.3, 0.4) is 0 Å². The summed E-state index contributed by atoms with van der Waals surface area (Å²) >= 11 is 0. The Kier molecular flexibility index (Phi) is 9.19. The normalized spacial score (nSPS) is 11.5. The molecule has 1 N–H and O–H groups in total. The van der Waals surface area contributed by atoms with Gasteiger partial charge in [0, 0.05) is 13.1 Å². The number of carbonyl (C=O) groups is 2. The lowest BCUT2D eigenvalue weighted by Crippen LogP contribution is -2.49. The van der Waals surface area contributed by atoms with E-state index in [1.54, 1.807) is 43.2 Å². The first-order chi connectivity index (χ1) is 14.5. The molecule has 2 amide bonds. The third-order valence-electron chi connectivity index (χ3n) is 5.02. The van der Waals surface area contributed by atoms with E-state index >= 15 is 0 Å². The largest absolute Gasteiger partial charge is 0.497 e. The quantitative estimate of drug-likeness (QED) is 0.571.